The second kappa shape index (κ2) is 4.74. The van der Waals surface area contributed by atoms with Gasteiger partial charge in [0, 0.05) is 24.2 Å². The predicted molar refractivity (Wildman–Crippen MR) is 65.2 cm³/mol. The summed E-state index contributed by atoms with van der Waals surface area (Å²) in [6.45, 7) is 0. The van der Waals surface area contributed by atoms with Gasteiger partial charge >= 0.3 is 0 Å². The quantitative estimate of drug-likeness (QED) is 0.804. The third-order valence-electron chi connectivity index (χ3n) is 2.61. The van der Waals surface area contributed by atoms with E-state index in [1.165, 1.54) is 11.8 Å². The number of nitrogen functional groups attached to an aromatic ring is 1. The lowest BCUT2D eigenvalue weighted by atomic mass is 10.5. The molecule has 2 N–H and O–H groups in total. The van der Waals surface area contributed by atoms with Gasteiger partial charge in [0.2, 0.25) is 5.91 Å². The minimum atomic E-state index is 0.185. The molecular weight excluding hydrogens is 222 g/mol. The van der Waals surface area contributed by atoms with Crippen LogP contribution in [-0.2, 0) is 4.79 Å². The number of nitrogens with two attached hydrogens (primary N) is 1. The normalized spacial score (nSPS) is 14.8. The van der Waals surface area contributed by atoms with Crippen molar-refractivity contribution in [2.75, 3.05) is 18.5 Å². The Labute approximate surface area is 99.2 Å². The number of carbonyl (C=O) groups is 1. The first-order valence-electron chi connectivity index (χ1n) is 5.27. The molecule has 0 unspecified atom stereocenters. The standard InChI is InChI=1S/C11H15N3OS/c1-14(8-2-3-8)11(15)7-16-9-4-5-10(12)13-6-9/h4-6,8H,2-3,7H2,1H3,(H2,12,13). The second-order valence-corrected chi connectivity index (χ2v) is 4.99. The molecule has 1 amide bonds. The minimum absolute atomic E-state index is 0.185. The van der Waals surface area contributed by atoms with Gasteiger partial charge in [0.05, 0.1) is 5.75 Å². The van der Waals surface area contributed by atoms with E-state index in [4.69, 9.17) is 5.73 Å². The molecule has 1 heterocycles. The fourth-order valence-electron chi connectivity index (χ4n) is 1.39. The molecule has 1 aromatic heterocycles. The zero-order valence-electron chi connectivity index (χ0n) is 9.22. The molecule has 1 aromatic rings. The van der Waals surface area contributed by atoms with Crippen molar-refractivity contribution in [1.82, 2.24) is 9.88 Å². The molecule has 16 heavy (non-hydrogen) atoms. The van der Waals surface area contributed by atoms with Crippen LogP contribution in [0.4, 0.5) is 5.82 Å². The number of nitrogens with zero attached hydrogens (tertiary/aromatic N) is 2. The van der Waals surface area contributed by atoms with Gasteiger partial charge in [-0.2, -0.15) is 0 Å². The van der Waals surface area contributed by atoms with Crippen LogP contribution in [0.5, 0.6) is 0 Å². The molecule has 0 aromatic carbocycles. The predicted octanol–water partition coefficient (Wildman–Crippen LogP) is 1.38. The molecule has 1 aliphatic rings. The fraction of sp³-hybridized carbons (Fsp3) is 0.455. The maximum absolute atomic E-state index is 11.7. The van der Waals surface area contributed by atoms with Crippen molar-refractivity contribution in [2.24, 2.45) is 0 Å². The number of amides is 1. The SMILES string of the molecule is CN(C(=O)CSc1ccc(N)nc1)C1CC1. The van der Waals surface area contributed by atoms with Crippen LogP contribution in [0, 0.1) is 0 Å². The Morgan fingerprint density at radius 1 is 1.62 bits per heavy atom. The van der Waals surface area contributed by atoms with Crippen molar-refractivity contribution in [1.29, 1.82) is 0 Å². The van der Waals surface area contributed by atoms with E-state index in [1.54, 1.807) is 12.3 Å². The smallest absolute Gasteiger partial charge is 0.232 e. The largest absolute Gasteiger partial charge is 0.384 e. The Hall–Kier alpha value is -1.23. The first-order chi connectivity index (χ1) is 7.66. The van der Waals surface area contributed by atoms with Gasteiger partial charge in [0.25, 0.3) is 0 Å². The lowest BCUT2D eigenvalue weighted by Gasteiger charge is -2.15. The monoisotopic (exact) mass is 237 g/mol. The van der Waals surface area contributed by atoms with E-state index in [0.29, 0.717) is 17.6 Å². The first kappa shape index (κ1) is 11.3. The number of hydrogen-bond donors (Lipinski definition) is 1. The Kier molecular flexibility index (Phi) is 3.33. The molecule has 0 radical (unpaired) electrons. The topological polar surface area (TPSA) is 59.2 Å². The van der Waals surface area contributed by atoms with Crippen molar-refractivity contribution in [3.05, 3.63) is 18.3 Å². The summed E-state index contributed by atoms with van der Waals surface area (Å²) in [5, 5.41) is 0. The summed E-state index contributed by atoms with van der Waals surface area (Å²) in [4.78, 5) is 18.5. The molecule has 86 valence electrons. The van der Waals surface area contributed by atoms with Gasteiger partial charge < -0.3 is 10.6 Å². The van der Waals surface area contributed by atoms with Crippen LogP contribution in [0.3, 0.4) is 0 Å². The summed E-state index contributed by atoms with van der Waals surface area (Å²) in [6.07, 6.45) is 4.00. The van der Waals surface area contributed by atoms with Crippen molar-refractivity contribution >= 4 is 23.5 Å². The first-order valence-corrected chi connectivity index (χ1v) is 6.25. The number of anilines is 1. The van der Waals surface area contributed by atoms with Crippen LogP contribution in [0.15, 0.2) is 23.2 Å². The van der Waals surface area contributed by atoms with Crippen LogP contribution in [0.1, 0.15) is 12.8 Å². The summed E-state index contributed by atoms with van der Waals surface area (Å²) in [5.74, 6) is 1.16. The van der Waals surface area contributed by atoms with Gasteiger partial charge in [0.1, 0.15) is 5.82 Å². The van der Waals surface area contributed by atoms with Gasteiger partial charge in [-0.05, 0) is 25.0 Å². The van der Waals surface area contributed by atoms with Crippen molar-refractivity contribution in [2.45, 2.75) is 23.8 Å². The number of carbonyl (C=O) groups excluding carboxylic acids is 1. The van der Waals surface area contributed by atoms with E-state index in [-0.39, 0.29) is 5.91 Å². The lowest BCUT2D eigenvalue weighted by molar-refractivity contribution is -0.127. The van der Waals surface area contributed by atoms with E-state index in [9.17, 15) is 4.79 Å². The van der Waals surface area contributed by atoms with E-state index in [2.05, 4.69) is 4.98 Å². The van der Waals surface area contributed by atoms with Crippen LogP contribution in [-0.4, -0.2) is 34.6 Å². The minimum Gasteiger partial charge on any atom is -0.384 e. The van der Waals surface area contributed by atoms with Crippen molar-refractivity contribution in [3.8, 4) is 0 Å². The van der Waals surface area contributed by atoms with Crippen molar-refractivity contribution in [3.63, 3.8) is 0 Å². The molecule has 1 saturated carbocycles. The molecular formula is C11H15N3OS. The number of thioether (sulfide) groups is 1. The Morgan fingerprint density at radius 2 is 2.38 bits per heavy atom. The summed E-state index contributed by atoms with van der Waals surface area (Å²) in [6, 6.07) is 4.12. The fourth-order valence-corrected chi connectivity index (χ4v) is 2.17. The molecule has 0 bridgehead atoms. The van der Waals surface area contributed by atoms with E-state index in [1.807, 2.05) is 18.0 Å². The van der Waals surface area contributed by atoms with Gasteiger partial charge in [-0.1, -0.05) is 0 Å². The zero-order valence-corrected chi connectivity index (χ0v) is 10.0. The van der Waals surface area contributed by atoms with E-state index in [0.717, 1.165) is 17.7 Å². The molecule has 0 aliphatic heterocycles. The van der Waals surface area contributed by atoms with Gasteiger partial charge in [-0.3, -0.25) is 4.79 Å². The van der Waals surface area contributed by atoms with E-state index >= 15 is 0 Å². The molecule has 2 rings (SSSR count). The molecule has 4 nitrogen and oxygen atoms in total. The molecule has 5 heteroatoms. The highest BCUT2D eigenvalue weighted by molar-refractivity contribution is 8.00. The van der Waals surface area contributed by atoms with Gasteiger partial charge in [-0.25, -0.2) is 4.98 Å². The number of rotatable bonds is 4. The Balaban J connectivity index is 1.82. The summed E-state index contributed by atoms with van der Waals surface area (Å²) < 4.78 is 0. The Morgan fingerprint density at radius 3 is 2.94 bits per heavy atom. The molecule has 0 atom stereocenters. The average Bonchev–Trinajstić information content (AvgIpc) is 3.11. The zero-order chi connectivity index (χ0) is 11.5. The lowest BCUT2D eigenvalue weighted by Crippen LogP contribution is -2.30. The van der Waals surface area contributed by atoms with Crippen LogP contribution < -0.4 is 5.73 Å². The number of hydrogen-bond acceptors (Lipinski definition) is 4. The molecule has 0 spiro atoms. The Bertz CT molecular complexity index is 375. The third kappa shape index (κ3) is 2.88. The van der Waals surface area contributed by atoms with Crippen molar-refractivity contribution < 1.29 is 4.79 Å². The molecule has 0 saturated heterocycles. The van der Waals surface area contributed by atoms with Crippen LogP contribution in [0.25, 0.3) is 0 Å². The maximum atomic E-state index is 11.7. The second-order valence-electron chi connectivity index (χ2n) is 3.94. The molecule has 1 fully saturated rings. The summed E-state index contributed by atoms with van der Waals surface area (Å²) >= 11 is 1.50. The maximum Gasteiger partial charge on any atom is 0.232 e. The third-order valence-corrected chi connectivity index (χ3v) is 3.58. The average molecular weight is 237 g/mol. The number of aromatic nitrogens is 1. The van der Waals surface area contributed by atoms with Crippen LogP contribution in [0.2, 0.25) is 0 Å². The highest BCUT2D eigenvalue weighted by Crippen LogP contribution is 2.26. The van der Waals surface area contributed by atoms with Gasteiger partial charge in [0.15, 0.2) is 0 Å². The molecule has 1 aliphatic carbocycles. The van der Waals surface area contributed by atoms with Crippen LogP contribution >= 0.6 is 11.8 Å². The van der Waals surface area contributed by atoms with E-state index < -0.39 is 0 Å². The van der Waals surface area contributed by atoms with Gasteiger partial charge in [-0.15, -0.1) is 11.8 Å². The number of pyridine rings is 1. The highest BCUT2D eigenvalue weighted by Gasteiger charge is 2.29. The summed E-state index contributed by atoms with van der Waals surface area (Å²) in [7, 11) is 1.88. The highest BCUT2D eigenvalue weighted by atomic mass is 32.2. The summed E-state index contributed by atoms with van der Waals surface area (Å²) in [5.41, 5.74) is 5.48.